The number of Topliss-reactive ketones (excluding diaryl/α,β-unsaturated/α-hetero) is 1. The van der Waals surface area contributed by atoms with Gasteiger partial charge in [0.2, 0.25) is 0 Å². The van der Waals surface area contributed by atoms with Crippen molar-refractivity contribution >= 4 is 17.3 Å². The highest BCUT2D eigenvalue weighted by Gasteiger charge is 2.16. The van der Waals surface area contributed by atoms with Crippen molar-refractivity contribution in [1.82, 2.24) is 0 Å². The van der Waals surface area contributed by atoms with Crippen molar-refractivity contribution in [3.05, 3.63) is 47.5 Å². The average molecular weight is 248 g/mol. The van der Waals surface area contributed by atoms with Crippen LogP contribution in [0.2, 0.25) is 0 Å². The maximum absolute atomic E-state index is 11.2. The Labute approximate surface area is 103 Å². The SMILES string of the molecule is O=C(CO)CO.O=C1C=CC(=O)c2ccccc21. The molecule has 2 N–H and O–H groups in total. The quantitative estimate of drug-likeness (QED) is 0.778. The zero-order valence-electron chi connectivity index (χ0n) is 9.50. The Morgan fingerprint density at radius 2 is 1.28 bits per heavy atom. The molecule has 0 aromatic heterocycles. The molecule has 1 aromatic rings. The summed E-state index contributed by atoms with van der Waals surface area (Å²) in [6.07, 6.45) is 2.62. The Kier molecular flexibility index (Phi) is 5.10. The maximum atomic E-state index is 11.2. The van der Waals surface area contributed by atoms with Crippen LogP contribution in [0.15, 0.2) is 36.4 Å². The number of carbonyl (C=O) groups is 3. The van der Waals surface area contributed by atoms with Crippen LogP contribution in [0, 0.1) is 0 Å². The number of benzene rings is 1. The Morgan fingerprint density at radius 3 is 1.56 bits per heavy atom. The summed E-state index contributed by atoms with van der Waals surface area (Å²) >= 11 is 0. The fourth-order valence-corrected chi connectivity index (χ4v) is 1.29. The van der Waals surface area contributed by atoms with E-state index in [4.69, 9.17) is 10.2 Å². The van der Waals surface area contributed by atoms with Gasteiger partial charge in [-0.15, -0.1) is 0 Å². The van der Waals surface area contributed by atoms with E-state index in [0.717, 1.165) is 0 Å². The summed E-state index contributed by atoms with van der Waals surface area (Å²) in [6.45, 7) is -1.12. The molecule has 0 spiro atoms. The molecule has 0 fully saturated rings. The van der Waals surface area contributed by atoms with E-state index in [1.54, 1.807) is 24.3 Å². The van der Waals surface area contributed by atoms with Crippen molar-refractivity contribution in [3.63, 3.8) is 0 Å². The molecule has 0 unspecified atom stereocenters. The van der Waals surface area contributed by atoms with E-state index >= 15 is 0 Å². The van der Waals surface area contributed by atoms with Crippen LogP contribution >= 0.6 is 0 Å². The summed E-state index contributed by atoms with van der Waals surface area (Å²) in [5.41, 5.74) is 1.01. The number of aliphatic hydroxyl groups excluding tert-OH is 2. The third-order valence-corrected chi connectivity index (χ3v) is 2.20. The van der Waals surface area contributed by atoms with Gasteiger partial charge in [0, 0.05) is 11.1 Å². The van der Waals surface area contributed by atoms with Crippen molar-refractivity contribution in [2.24, 2.45) is 0 Å². The molecule has 2 rings (SSSR count). The lowest BCUT2D eigenvalue weighted by atomic mass is 9.95. The highest BCUT2D eigenvalue weighted by molar-refractivity contribution is 6.21. The molecule has 5 heteroatoms. The van der Waals surface area contributed by atoms with Gasteiger partial charge >= 0.3 is 0 Å². The van der Waals surface area contributed by atoms with Gasteiger partial charge in [-0.2, -0.15) is 0 Å². The number of hydrogen-bond donors (Lipinski definition) is 2. The molecule has 0 radical (unpaired) electrons. The molecule has 0 saturated carbocycles. The van der Waals surface area contributed by atoms with E-state index in [2.05, 4.69) is 0 Å². The van der Waals surface area contributed by atoms with Crippen molar-refractivity contribution in [1.29, 1.82) is 0 Å². The molecular formula is C13H12O5. The van der Waals surface area contributed by atoms with Crippen molar-refractivity contribution in [2.75, 3.05) is 13.2 Å². The normalized spacial score (nSPS) is 12.6. The topological polar surface area (TPSA) is 91.7 Å². The zero-order valence-corrected chi connectivity index (χ0v) is 9.50. The largest absolute Gasteiger partial charge is 0.388 e. The molecule has 1 aliphatic rings. The lowest BCUT2D eigenvalue weighted by molar-refractivity contribution is -0.124. The van der Waals surface area contributed by atoms with Crippen LogP contribution < -0.4 is 0 Å². The molecule has 0 aliphatic heterocycles. The third-order valence-electron chi connectivity index (χ3n) is 2.20. The second kappa shape index (κ2) is 6.58. The maximum Gasteiger partial charge on any atom is 0.186 e. The summed E-state index contributed by atoms with van der Waals surface area (Å²) in [6, 6.07) is 6.84. The second-order valence-corrected chi connectivity index (χ2v) is 3.46. The van der Waals surface area contributed by atoms with Crippen LogP contribution in [0.25, 0.3) is 0 Å². The molecule has 0 heterocycles. The number of ketones is 3. The first-order valence-corrected chi connectivity index (χ1v) is 5.19. The minimum Gasteiger partial charge on any atom is -0.388 e. The van der Waals surface area contributed by atoms with E-state index in [9.17, 15) is 14.4 Å². The number of rotatable bonds is 2. The first-order chi connectivity index (χ1) is 8.60. The average Bonchev–Trinajstić information content (AvgIpc) is 2.43. The molecule has 94 valence electrons. The molecular weight excluding hydrogens is 236 g/mol. The summed E-state index contributed by atoms with van der Waals surface area (Å²) in [5.74, 6) is -0.731. The molecule has 0 bridgehead atoms. The predicted octanol–water partition coefficient (Wildman–Crippen LogP) is 0.162. The molecule has 0 amide bonds. The van der Waals surface area contributed by atoms with Gasteiger partial charge < -0.3 is 10.2 Å². The summed E-state index contributed by atoms with van der Waals surface area (Å²) in [7, 11) is 0. The number of aliphatic hydroxyl groups is 2. The molecule has 1 aromatic carbocycles. The Bertz CT molecular complexity index is 459. The Hall–Kier alpha value is -2.11. The minimum absolute atomic E-state index is 0.0924. The fourth-order valence-electron chi connectivity index (χ4n) is 1.29. The van der Waals surface area contributed by atoms with Gasteiger partial charge in [-0.05, 0) is 12.2 Å². The second-order valence-electron chi connectivity index (χ2n) is 3.46. The van der Waals surface area contributed by atoms with Crippen molar-refractivity contribution in [3.8, 4) is 0 Å². The van der Waals surface area contributed by atoms with Gasteiger partial charge in [0.15, 0.2) is 17.3 Å². The van der Waals surface area contributed by atoms with Crippen LogP contribution in [0.4, 0.5) is 0 Å². The zero-order chi connectivity index (χ0) is 13.5. The van der Waals surface area contributed by atoms with Crippen LogP contribution in [0.3, 0.4) is 0 Å². The minimum atomic E-state index is -0.559. The van der Waals surface area contributed by atoms with Crippen LogP contribution in [0.1, 0.15) is 20.7 Å². The Balaban J connectivity index is 0.000000232. The van der Waals surface area contributed by atoms with E-state index in [1.807, 2.05) is 0 Å². The highest BCUT2D eigenvalue weighted by Crippen LogP contribution is 2.15. The Morgan fingerprint density at radius 1 is 0.889 bits per heavy atom. The molecule has 0 saturated heterocycles. The number of hydrogen-bond acceptors (Lipinski definition) is 5. The summed E-state index contributed by atoms with van der Waals surface area (Å²) in [5, 5.41) is 15.7. The van der Waals surface area contributed by atoms with Gasteiger partial charge in [0.05, 0.1) is 0 Å². The first-order valence-electron chi connectivity index (χ1n) is 5.19. The standard InChI is InChI=1S/C10H6O2.C3H6O3/c11-9-5-6-10(12)8-4-2-1-3-7(8)9;4-1-3(6)2-5/h1-6H;4-5H,1-2H2. The summed E-state index contributed by atoms with van der Waals surface area (Å²) < 4.78 is 0. The van der Waals surface area contributed by atoms with E-state index in [1.165, 1.54) is 12.2 Å². The molecule has 5 nitrogen and oxygen atoms in total. The summed E-state index contributed by atoms with van der Waals surface area (Å²) in [4.78, 5) is 32.1. The van der Waals surface area contributed by atoms with Crippen LogP contribution in [-0.4, -0.2) is 40.8 Å². The van der Waals surface area contributed by atoms with E-state index in [0.29, 0.717) is 11.1 Å². The van der Waals surface area contributed by atoms with Gasteiger partial charge in [0.25, 0.3) is 0 Å². The predicted molar refractivity (Wildman–Crippen MR) is 63.4 cm³/mol. The fraction of sp³-hybridized carbons (Fsp3) is 0.154. The van der Waals surface area contributed by atoms with Gasteiger partial charge in [0.1, 0.15) is 13.2 Å². The number of carbonyl (C=O) groups excluding carboxylic acids is 3. The number of allylic oxidation sites excluding steroid dienone is 2. The monoisotopic (exact) mass is 248 g/mol. The molecule has 0 atom stereocenters. The molecule has 18 heavy (non-hydrogen) atoms. The molecule has 1 aliphatic carbocycles. The van der Waals surface area contributed by atoms with Crippen LogP contribution in [-0.2, 0) is 4.79 Å². The lowest BCUT2D eigenvalue weighted by Gasteiger charge is -2.06. The third kappa shape index (κ3) is 3.44. The van der Waals surface area contributed by atoms with Gasteiger partial charge in [-0.25, -0.2) is 0 Å². The highest BCUT2D eigenvalue weighted by atomic mass is 16.3. The van der Waals surface area contributed by atoms with E-state index < -0.39 is 19.0 Å². The van der Waals surface area contributed by atoms with Gasteiger partial charge in [-0.3, -0.25) is 14.4 Å². The van der Waals surface area contributed by atoms with Crippen molar-refractivity contribution < 1.29 is 24.6 Å². The van der Waals surface area contributed by atoms with Crippen molar-refractivity contribution in [2.45, 2.75) is 0 Å². The van der Waals surface area contributed by atoms with Crippen LogP contribution in [0.5, 0.6) is 0 Å². The van der Waals surface area contributed by atoms with Gasteiger partial charge in [-0.1, -0.05) is 24.3 Å². The number of fused-ring (bicyclic) bond motifs is 1. The lowest BCUT2D eigenvalue weighted by Crippen LogP contribution is -2.10. The first kappa shape index (κ1) is 14.0. The smallest absolute Gasteiger partial charge is 0.186 e. The van der Waals surface area contributed by atoms with E-state index in [-0.39, 0.29) is 11.6 Å².